The van der Waals surface area contributed by atoms with Crippen molar-refractivity contribution < 1.29 is 27.9 Å². The summed E-state index contributed by atoms with van der Waals surface area (Å²) in [5.74, 6) is -1.89. The molecule has 0 bridgehead atoms. The van der Waals surface area contributed by atoms with Gasteiger partial charge in [-0.2, -0.15) is 0 Å². The molecule has 3 amide bonds. The minimum Gasteiger partial charge on any atom is -0.508 e. The Kier molecular flexibility index (Phi) is 5.53. The van der Waals surface area contributed by atoms with Crippen molar-refractivity contribution in [3.8, 4) is 16.9 Å². The van der Waals surface area contributed by atoms with Crippen LogP contribution in [0.4, 0.5) is 0 Å². The van der Waals surface area contributed by atoms with Crippen LogP contribution in [0.25, 0.3) is 32.9 Å². The minimum absolute atomic E-state index is 0.0438. The molecule has 11 heteroatoms. The first-order valence-electron chi connectivity index (χ1n) is 10.9. The third kappa shape index (κ3) is 3.88. The van der Waals surface area contributed by atoms with E-state index in [4.69, 9.17) is 11.6 Å². The number of aromatic hydroxyl groups is 1. The number of nitrogens with zero attached hydrogens (tertiary/aromatic N) is 1. The highest BCUT2D eigenvalue weighted by molar-refractivity contribution is 7.89. The van der Waals surface area contributed by atoms with Crippen LogP contribution in [0.5, 0.6) is 5.75 Å². The molecule has 1 aliphatic heterocycles. The number of hydrogen-bond acceptors (Lipinski definition) is 6. The molecule has 3 aromatic carbocycles. The number of nitrogens with one attached hydrogen (secondary N) is 2. The number of phenols is 1. The number of rotatable bonds is 5. The van der Waals surface area contributed by atoms with Crippen molar-refractivity contribution >= 4 is 61.2 Å². The van der Waals surface area contributed by atoms with Gasteiger partial charge in [-0.05, 0) is 42.8 Å². The summed E-state index contributed by atoms with van der Waals surface area (Å²) < 4.78 is 26.9. The topological polar surface area (TPSA) is 135 Å². The highest BCUT2D eigenvalue weighted by atomic mass is 35.5. The predicted octanol–water partition coefficient (Wildman–Crippen LogP) is 3.73. The quantitative estimate of drug-likeness (QED) is 0.340. The summed E-state index contributed by atoms with van der Waals surface area (Å²) in [5.41, 5.74) is 2.42. The number of sulfonamides is 1. The fourth-order valence-corrected chi connectivity index (χ4v) is 5.60. The summed E-state index contributed by atoms with van der Waals surface area (Å²) in [5, 5.41) is 13.9. The number of amides is 3. The maximum Gasteiger partial charge on any atom is 0.259 e. The molecule has 0 aliphatic carbocycles. The standard InChI is InChI=1S/C25H20ClN3O6S/c1-12(9-20(31)28-36(2,34)35)29-18-8-7-13(30)10-16(18)21-19(29)11-15(14-5-3-4-6-17(14)26)22-23(21)25(33)27-24(22)32/h3-8,10-12,30H,9H2,1-2H3,(H,28,31)(H,27,32,33). The van der Waals surface area contributed by atoms with Crippen LogP contribution in [-0.2, 0) is 14.8 Å². The molecule has 4 aromatic rings. The fraction of sp³-hybridized carbons (Fsp3) is 0.160. The van der Waals surface area contributed by atoms with Gasteiger partial charge in [0.15, 0.2) is 0 Å². The zero-order chi connectivity index (χ0) is 25.9. The van der Waals surface area contributed by atoms with Crippen LogP contribution in [0, 0.1) is 0 Å². The smallest absolute Gasteiger partial charge is 0.259 e. The number of carbonyl (C=O) groups is 3. The summed E-state index contributed by atoms with van der Waals surface area (Å²) in [7, 11) is -3.74. The average Bonchev–Trinajstić information content (AvgIpc) is 3.25. The number of phenolic OH excluding ortho intramolecular Hbond substituents is 1. The van der Waals surface area contributed by atoms with Crippen LogP contribution in [0.1, 0.15) is 40.1 Å². The number of aromatic nitrogens is 1. The molecule has 36 heavy (non-hydrogen) atoms. The van der Waals surface area contributed by atoms with E-state index in [9.17, 15) is 27.9 Å². The van der Waals surface area contributed by atoms with E-state index in [0.717, 1.165) is 6.26 Å². The van der Waals surface area contributed by atoms with Gasteiger partial charge in [0.25, 0.3) is 11.8 Å². The van der Waals surface area contributed by atoms with Gasteiger partial charge in [-0.3, -0.25) is 24.4 Å². The van der Waals surface area contributed by atoms with Crippen molar-refractivity contribution in [3.05, 3.63) is 64.7 Å². The number of fused-ring (bicyclic) bond motifs is 5. The van der Waals surface area contributed by atoms with E-state index in [-0.39, 0.29) is 23.3 Å². The second-order valence-corrected chi connectivity index (χ2v) is 10.9. The van der Waals surface area contributed by atoms with Crippen molar-refractivity contribution in [3.63, 3.8) is 0 Å². The lowest BCUT2D eigenvalue weighted by Crippen LogP contribution is -2.30. The lowest BCUT2D eigenvalue weighted by Gasteiger charge is -2.18. The minimum atomic E-state index is -3.74. The highest BCUT2D eigenvalue weighted by Gasteiger charge is 2.35. The highest BCUT2D eigenvalue weighted by Crippen LogP contribution is 2.43. The number of imide groups is 1. The van der Waals surface area contributed by atoms with Crippen molar-refractivity contribution in [1.29, 1.82) is 0 Å². The molecular weight excluding hydrogens is 506 g/mol. The molecule has 2 heterocycles. The summed E-state index contributed by atoms with van der Waals surface area (Å²) in [4.78, 5) is 38.4. The Hall–Kier alpha value is -3.89. The van der Waals surface area contributed by atoms with Crippen molar-refractivity contribution in [1.82, 2.24) is 14.6 Å². The molecule has 1 aliphatic rings. The van der Waals surface area contributed by atoms with E-state index in [0.29, 0.717) is 38.0 Å². The van der Waals surface area contributed by atoms with Crippen LogP contribution in [0.15, 0.2) is 48.5 Å². The average molecular weight is 526 g/mol. The van der Waals surface area contributed by atoms with Gasteiger partial charge in [-0.25, -0.2) is 8.42 Å². The maximum absolute atomic E-state index is 13.0. The van der Waals surface area contributed by atoms with Crippen LogP contribution in [0.3, 0.4) is 0 Å². The summed E-state index contributed by atoms with van der Waals surface area (Å²) >= 11 is 6.46. The number of carbonyl (C=O) groups excluding carboxylic acids is 3. The lowest BCUT2D eigenvalue weighted by molar-refractivity contribution is -0.119. The Labute approximate surface area is 210 Å². The Morgan fingerprint density at radius 3 is 2.44 bits per heavy atom. The van der Waals surface area contributed by atoms with Gasteiger partial charge in [0.2, 0.25) is 15.9 Å². The van der Waals surface area contributed by atoms with E-state index < -0.39 is 33.8 Å². The molecular formula is C25H20ClN3O6S. The predicted molar refractivity (Wildman–Crippen MR) is 136 cm³/mol. The third-order valence-corrected chi connectivity index (χ3v) is 7.07. The molecule has 3 N–H and O–H groups in total. The van der Waals surface area contributed by atoms with Crippen LogP contribution in [0.2, 0.25) is 5.02 Å². The first kappa shape index (κ1) is 23.8. The molecule has 184 valence electrons. The zero-order valence-corrected chi connectivity index (χ0v) is 20.7. The Morgan fingerprint density at radius 1 is 1.06 bits per heavy atom. The number of benzene rings is 3. The van der Waals surface area contributed by atoms with Gasteiger partial charge in [0.1, 0.15) is 5.75 Å². The van der Waals surface area contributed by atoms with E-state index in [2.05, 4.69) is 5.32 Å². The Bertz CT molecular complexity index is 1740. The van der Waals surface area contributed by atoms with E-state index in [1.54, 1.807) is 47.9 Å². The Balaban J connectivity index is 1.86. The van der Waals surface area contributed by atoms with Gasteiger partial charge in [0, 0.05) is 39.3 Å². The first-order chi connectivity index (χ1) is 17.0. The lowest BCUT2D eigenvalue weighted by atomic mass is 9.93. The molecule has 0 radical (unpaired) electrons. The van der Waals surface area contributed by atoms with Gasteiger partial charge >= 0.3 is 0 Å². The molecule has 5 rings (SSSR count). The molecule has 1 atom stereocenters. The third-order valence-electron chi connectivity index (χ3n) is 6.14. The molecule has 0 spiro atoms. The van der Waals surface area contributed by atoms with Crippen LogP contribution in [-0.4, -0.2) is 42.1 Å². The second kappa shape index (κ2) is 8.35. The van der Waals surface area contributed by atoms with Gasteiger partial charge in [0.05, 0.1) is 22.9 Å². The van der Waals surface area contributed by atoms with Crippen LogP contribution < -0.4 is 10.0 Å². The van der Waals surface area contributed by atoms with Gasteiger partial charge in [-0.1, -0.05) is 29.8 Å². The maximum atomic E-state index is 13.0. The first-order valence-corrected chi connectivity index (χ1v) is 13.2. The van der Waals surface area contributed by atoms with E-state index in [1.165, 1.54) is 12.1 Å². The Morgan fingerprint density at radius 2 is 1.75 bits per heavy atom. The van der Waals surface area contributed by atoms with Crippen molar-refractivity contribution in [2.45, 2.75) is 19.4 Å². The normalized spacial score (nSPS) is 14.2. The van der Waals surface area contributed by atoms with Crippen molar-refractivity contribution in [2.75, 3.05) is 6.26 Å². The second-order valence-electron chi connectivity index (χ2n) is 8.75. The van der Waals surface area contributed by atoms with Gasteiger partial charge < -0.3 is 9.67 Å². The SMILES string of the molecule is CC(CC(=O)NS(C)(=O)=O)n1c2ccc(O)cc2c2c3c(c(-c4ccccc4Cl)cc21)C(=O)NC3=O. The monoisotopic (exact) mass is 525 g/mol. The molecule has 0 saturated carbocycles. The van der Waals surface area contributed by atoms with Crippen molar-refractivity contribution in [2.24, 2.45) is 0 Å². The molecule has 1 aromatic heterocycles. The molecule has 1 unspecified atom stereocenters. The van der Waals surface area contributed by atoms with E-state index in [1.807, 2.05) is 4.72 Å². The number of halogens is 1. The molecule has 9 nitrogen and oxygen atoms in total. The largest absolute Gasteiger partial charge is 0.508 e. The van der Waals surface area contributed by atoms with Gasteiger partial charge in [-0.15, -0.1) is 0 Å². The zero-order valence-electron chi connectivity index (χ0n) is 19.1. The molecule has 0 fully saturated rings. The number of hydrogen-bond donors (Lipinski definition) is 3. The fourth-order valence-electron chi connectivity index (χ4n) is 4.86. The summed E-state index contributed by atoms with van der Waals surface area (Å²) in [6.07, 6.45) is 0.712. The molecule has 0 saturated heterocycles. The summed E-state index contributed by atoms with van der Waals surface area (Å²) in [6.45, 7) is 1.74. The van der Waals surface area contributed by atoms with E-state index >= 15 is 0 Å². The summed E-state index contributed by atoms with van der Waals surface area (Å²) in [6, 6.07) is 12.7. The van der Waals surface area contributed by atoms with Crippen LogP contribution >= 0.6 is 11.6 Å².